The van der Waals surface area contributed by atoms with Crippen LogP contribution in [0.3, 0.4) is 0 Å². The summed E-state index contributed by atoms with van der Waals surface area (Å²) in [6.45, 7) is 2.06. The highest BCUT2D eigenvalue weighted by Crippen LogP contribution is 2.18. The minimum Gasteiger partial charge on any atom is -0.334 e. The van der Waals surface area contributed by atoms with Crippen LogP contribution in [-0.2, 0) is 28.4 Å². The van der Waals surface area contributed by atoms with Gasteiger partial charge in [0.15, 0.2) is 0 Å². The van der Waals surface area contributed by atoms with E-state index < -0.39 is 33.0 Å². The summed E-state index contributed by atoms with van der Waals surface area (Å²) in [6, 6.07) is 5.73. The summed E-state index contributed by atoms with van der Waals surface area (Å²) in [4.78, 5) is 28.3. The second-order valence-corrected chi connectivity index (χ2v) is 9.09. The Balaban J connectivity index is 2.00. The third-order valence-corrected chi connectivity index (χ3v) is 6.25. The first kappa shape index (κ1) is 23.2. The lowest BCUT2D eigenvalue weighted by atomic mass is 10.1. The van der Waals surface area contributed by atoms with E-state index in [2.05, 4.69) is 31.5 Å². The second kappa shape index (κ2) is 10.1. The number of rotatable bonds is 8. The van der Waals surface area contributed by atoms with E-state index in [1.807, 2.05) is 35.9 Å². The zero-order valence-electron chi connectivity index (χ0n) is 15.8. The SMILES string of the molecule is CCCC(NC(=O)NCc1ccc(Br)cc1)C(=O)NS(=O)(=O)c1ncn(C)c1Cl. The van der Waals surface area contributed by atoms with Crippen LogP contribution < -0.4 is 15.4 Å². The van der Waals surface area contributed by atoms with E-state index in [0.29, 0.717) is 6.42 Å². The normalized spacial score (nSPS) is 12.3. The van der Waals surface area contributed by atoms with E-state index >= 15 is 0 Å². The third-order valence-electron chi connectivity index (χ3n) is 3.89. The van der Waals surface area contributed by atoms with Crippen molar-refractivity contribution in [1.82, 2.24) is 24.9 Å². The molecule has 0 saturated carbocycles. The Morgan fingerprint density at radius 1 is 1.28 bits per heavy atom. The molecule has 0 saturated heterocycles. The van der Waals surface area contributed by atoms with Gasteiger partial charge in [-0.25, -0.2) is 14.5 Å². The topological polar surface area (TPSA) is 122 Å². The van der Waals surface area contributed by atoms with Crippen molar-refractivity contribution in [3.63, 3.8) is 0 Å². The molecule has 12 heteroatoms. The fraction of sp³-hybridized carbons (Fsp3) is 0.353. The predicted molar refractivity (Wildman–Crippen MR) is 112 cm³/mol. The molecule has 29 heavy (non-hydrogen) atoms. The van der Waals surface area contributed by atoms with Crippen LogP contribution in [0.5, 0.6) is 0 Å². The number of aromatic nitrogens is 2. The minimum absolute atomic E-state index is 0.127. The summed E-state index contributed by atoms with van der Waals surface area (Å²) in [5, 5.41) is 4.56. The molecule has 2 rings (SSSR count). The summed E-state index contributed by atoms with van der Waals surface area (Å²) in [7, 11) is -2.75. The molecule has 9 nitrogen and oxygen atoms in total. The molecule has 1 heterocycles. The number of hydrogen-bond donors (Lipinski definition) is 3. The lowest BCUT2D eigenvalue weighted by Crippen LogP contribution is -2.51. The number of carbonyl (C=O) groups is 2. The molecule has 0 radical (unpaired) electrons. The van der Waals surface area contributed by atoms with Gasteiger partial charge in [-0.15, -0.1) is 0 Å². The van der Waals surface area contributed by atoms with E-state index in [1.54, 1.807) is 0 Å². The van der Waals surface area contributed by atoms with Gasteiger partial charge in [0.25, 0.3) is 15.9 Å². The number of aryl methyl sites for hydroxylation is 1. The number of nitrogens with zero attached hydrogens (tertiary/aromatic N) is 2. The second-order valence-electron chi connectivity index (χ2n) is 6.22. The molecule has 0 fully saturated rings. The highest BCUT2D eigenvalue weighted by atomic mass is 79.9. The van der Waals surface area contributed by atoms with Crippen LogP contribution in [0.2, 0.25) is 5.15 Å². The maximum absolute atomic E-state index is 12.5. The number of sulfonamides is 1. The fourth-order valence-electron chi connectivity index (χ4n) is 2.38. The van der Waals surface area contributed by atoms with E-state index in [-0.39, 0.29) is 18.1 Å². The Labute approximate surface area is 182 Å². The summed E-state index contributed by atoms with van der Waals surface area (Å²) in [5.74, 6) is -0.868. The van der Waals surface area contributed by atoms with Gasteiger partial charge in [-0.1, -0.05) is 53.0 Å². The van der Waals surface area contributed by atoms with Crippen LogP contribution in [0, 0.1) is 0 Å². The lowest BCUT2D eigenvalue weighted by Gasteiger charge is -2.18. The number of imidazole rings is 1. The molecule has 0 bridgehead atoms. The first-order valence-electron chi connectivity index (χ1n) is 8.66. The van der Waals surface area contributed by atoms with Crippen molar-refractivity contribution in [2.24, 2.45) is 7.05 Å². The average molecular weight is 507 g/mol. The summed E-state index contributed by atoms with van der Waals surface area (Å²) >= 11 is 9.23. The Morgan fingerprint density at radius 2 is 1.93 bits per heavy atom. The van der Waals surface area contributed by atoms with Gasteiger partial charge in [0.05, 0.1) is 6.33 Å². The zero-order valence-corrected chi connectivity index (χ0v) is 18.9. The average Bonchev–Trinajstić information content (AvgIpc) is 3.00. The van der Waals surface area contributed by atoms with E-state index in [4.69, 9.17) is 11.6 Å². The number of carbonyl (C=O) groups excluding carboxylic acids is 2. The molecule has 1 atom stereocenters. The summed E-state index contributed by atoms with van der Waals surface area (Å²) in [6.07, 6.45) is 2.02. The Bertz CT molecular complexity index is 978. The molecule has 1 aromatic carbocycles. The maximum Gasteiger partial charge on any atom is 0.315 e. The summed E-state index contributed by atoms with van der Waals surface area (Å²) < 4.78 is 28.9. The molecule has 0 aliphatic carbocycles. The molecule has 0 aliphatic rings. The molecule has 3 N–H and O–H groups in total. The van der Waals surface area contributed by atoms with E-state index in [0.717, 1.165) is 10.0 Å². The van der Waals surface area contributed by atoms with Crippen LogP contribution in [0.15, 0.2) is 40.1 Å². The van der Waals surface area contributed by atoms with Gasteiger partial charge < -0.3 is 15.2 Å². The lowest BCUT2D eigenvalue weighted by molar-refractivity contribution is -0.121. The number of halogens is 2. The molecule has 1 aromatic heterocycles. The van der Waals surface area contributed by atoms with Gasteiger partial charge in [0, 0.05) is 18.1 Å². The van der Waals surface area contributed by atoms with Crippen LogP contribution in [0.1, 0.15) is 25.3 Å². The van der Waals surface area contributed by atoms with Crippen molar-refractivity contribution in [3.05, 3.63) is 45.8 Å². The van der Waals surface area contributed by atoms with Crippen molar-refractivity contribution in [1.29, 1.82) is 0 Å². The number of benzene rings is 1. The van der Waals surface area contributed by atoms with Crippen molar-refractivity contribution < 1.29 is 18.0 Å². The van der Waals surface area contributed by atoms with Crippen molar-refractivity contribution in [2.45, 2.75) is 37.4 Å². The Morgan fingerprint density at radius 3 is 2.48 bits per heavy atom. The first-order valence-corrected chi connectivity index (χ1v) is 11.3. The van der Waals surface area contributed by atoms with Crippen LogP contribution >= 0.6 is 27.5 Å². The van der Waals surface area contributed by atoms with Crippen LogP contribution in [0.25, 0.3) is 0 Å². The molecule has 0 spiro atoms. The van der Waals surface area contributed by atoms with Crippen molar-refractivity contribution in [3.8, 4) is 0 Å². The van der Waals surface area contributed by atoms with Gasteiger partial charge in [0.1, 0.15) is 11.2 Å². The predicted octanol–water partition coefficient (Wildman–Crippen LogP) is 2.31. The smallest absolute Gasteiger partial charge is 0.315 e. The zero-order chi connectivity index (χ0) is 21.6. The van der Waals surface area contributed by atoms with Crippen molar-refractivity contribution >= 4 is 49.5 Å². The van der Waals surface area contributed by atoms with Gasteiger partial charge in [-0.2, -0.15) is 8.42 Å². The monoisotopic (exact) mass is 505 g/mol. The van der Waals surface area contributed by atoms with Gasteiger partial charge in [-0.05, 0) is 24.1 Å². The summed E-state index contributed by atoms with van der Waals surface area (Å²) in [5.41, 5.74) is 0.868. The molecule has 1 unspecified atom stereocenters. The standard InChI is InChI=1S/C17H21BrClN5O4S/c1-3-4-13(22-17(26)20-9-11-5-7-12(18)8-6-11)15(25)23-29(27,28)16-14(19)24(2)10-21-16/h5-8,10,13H,3-4,9H2,1-2H3,(H,23,25)(H2,20,22,26). The van der Waals surface area contributed by atoms with Crippen LogP contribution in [-0.4, -0.2) is 35.9 Å². The molecule has 158 valence electrons. The molecular weight excluding hydrogens is 486 g/mol. The fourth-order valence-corrected chi connectivity index (χ4v) is 4.09. The number of nitrogens with one attached hydrogen (secondary N) is 3. The molecule has 2 aromatic rings. The molecule has 0 aliphatic heterocycles. The van der Waals surface area contributed by atoms with E-state index in [9.17, 15) is 18.0 Å². The molecule has 3 amide bonds. The highest BCUT2D eigenvalue weighted by Gasteiger charge is 2.29. The largest absolute Gasteiger partial charge is 0.334 e. The quantitative estimate of drug-likeness (QED) is 0.507. The Kier molecular flexibility index (Phi) is 8.05. The van der Waals surface area contributed by atoms with Crippen LogP contribution in [0.4, 0.5) is 4.79 Å². The van der Waals surface area contributed by atoms with Gasteiger partial charge >= 0.3 is 6.03 Å². The third kappa shape index (κ3) is 6.44. The minimum atomic E-state index is -4.27. The Hall–Kier alpha value is -2.11. The molecular formula is C17H21BrClN5O4S. The van der Waals surface area contributed by atoms with Crippen molar-refractivity contribution in [2.75, 3.05) is 0 Å². The number of amides is 3. The van der Waals surface area contributed by atoms with Gasteiger partial charge in [-0.3, -0.25) is 4.79 Å². The number of urea groups is 1. The number of hydrogen-bond acceptors (Lipinski definition) is 5. The highest BCUT2D eigenvalue weighted by molar-refractivity contribution is 9.10. The maximum atomic E-state index is 12.5. The van der Waals surface area contributed by atoms with E-state index in [1.165, 1.54) is 17.9 Å². The first-order chi connectivity index (χ1) is 13.6. The van der Waals surface area contributed by atoms with Gasteiger partial charge in [0.2, 0.25) is 5.03 Å².